The van der Waals surface area contributed by atoms with Crippen molar-refractivity contribution < 1.29 is 9.47 Å². The minimum atomic E-state index is 0.596. The van der Waals surface area contributed by atoms with Crippen LogP contribution in [0.2, 0.25) is 5.02 Å². The lowest BCUT2D eigenvalue weighted by Crippen LogP contribution is -2.09. The minimum Gasteiger partial charge on any atom is -0.493 e. The lowest BCUT2D eigenvalue weighted by molar-refractivity contribution is 0.283. The van der Waals surface area contributed by atoms with Gasteiger partial charge in [-0.15, -0.1) is 0 Å². The molecule has 0 aliphatic carbocycles. The molecule has 4 nitrogen and oxygen atoms in total. The number of benzene rings is 3. The second kappa shape index (κ2) is 9.01. The summed E-state index contributed by atoms with van der Waals surface area (Å²) in [4.78, 5) is 4.86. The Balaban J connectivity index is 1.51. The van der Waals surface area contributed by atoms with Crippen LogP contribution in [0.1, 0.15) is 17.8 Å². The van der Waals surface area contributed by atoms with Crippen molar-refractivity contribution in [3.8, 4) is 11.5 Å². The number of para-hydroxylation sites is 4. The smallest absolute Gasteiger partial charge is 0.161 e. The molecule has 4 aromatic rings. The highest BCUT2D eigenvalue weighted by Crippen LogP contribution is 2.26. The van der Waals surface area contributed by atoms with Gasteiger partial charge in [0.1, 0.15) is 5.82 Å². The summed E-state index contributed by atoms with van der Waals surface area (Å²) in [7, 11) is 1.65. The Morgan fingerprint density at radius 2 is 1.62 bits per heavy atom. The van der Waals surface area contributed by atoms with E-state index < -0.39 is 0 Å². The SMILES string of the molecule is COc1ccccc1OCCCn1c(Cc2ccccc2Cl)nc2ccccc21. The molecule has 4 rings (SSSR count). The molecule has 0 aliphatic heterocycles. The number of halogens is 1. The molecule has 1 aromatic heterocycles. The first-order valence-corrected chi connectivity index (χ1v) is 10.1. The van der Waals surface area contributed by atoms with Crippen LogP contribution in [0.25, 0.3) is 11.0 Å². The largest absolute Gasteiger partial charge is 0.493 e. The van der Waals surface area contributed by atoms with E-state index in [2.05, 4.69) is 16.7 Å². The number of hydrogen-bond donors (Lipinski definition) is 0. The minimum absolute atomic E-state index is 0.596. The molecule has 0 spiro atoms. The van der Waals surface area contributed by atoms with Gasteiger partial charge in [0.25, 0.3) is 0 Å². The predicted octanol–water partition coefficient (Wildman–Crippen LogP) is 5.76. The number of hydrogen-bond acceptors (Lipinski definition) is 3. The van der Waals surface area contributed by atoms with Gasteiger partial charge in [-0.2, -0.15) is 0 Å². The Bertz CT molecular complexity index is 1110. The summed E-state index contributed by atoms with van der Waals surface area (Å²) < 4.78 is 13.6. The van der Waals surface area contributed by atoms with Crippen LogP contribution >= 0.6 is 11.6 Å². The molecule has 0 unspecified atom stereocenters. The normalized spacial score (nSPS) is 11.0. The monoisotopic (exact) mass is 406 g/mol. The summed E-state index contributed by atoms with van der Waals surface area (Å²) >= 11 is 6.38. The second-order valence-electron chi connectivity index (χ2n) is 6.79. The maximum Gasteiger partial charge on any atom is 0.161 e. The standard InChI is InChI=1S/C24H23ClN2O2/c1-28-22-13-6-7-14-23(22)29-16-8-15-27-21-12-5-4-11-20(21)26-24(27)17-18-9-2-3-10-19(18)25/h2-7,9-14H,8,15-17H2,1H3. The highest BCUT2D eigenvalue weighted by atomic mass is 35.5. The fraction of sp³-hybridized carbons (Fsp3) is 0.208. The molecule has 0 fully saturated rings. The number of fused-ring (bicyclic) bond motifs is 1. The molecule has 0 saturated heterocycles. The Labute approximate surface area is 175 Å². The number of imidazole rings is 1. The van der Waals surface area contributed by atoms with Crippen LogP contribution in [0.4, 0.5) is 0 Å². The van der Waals surface area contributed by atoms with E-state index in [9.17, 15) is 0 Å². The molecule has 0 radical (unpaired) electrons. The average molecular weight is 407 g/mol. The van der Waals surface area contributed by atoms with E-state index in [-0.39, 0.29) is 0 Å². The van der Waals surface area contributed by atoms with Gasteiger partial charge in [0.05, 0.1) is 24.8 Å². The van der Waals surface area contributed by atoms with Gasteiger partial charge >= 0.3 is 0 Å². The summed E-state index contributed by atoms with van der Waals surface area (Å²) in [5.74, 6) is 2.53. The number of ether oxygens (including phenoxy) is 2. The first kappa shape index (κ1) is 19.3. The van der Waals surface area contributed by atoms with E-state index in [4.69, 9.17) is 26.1 Å². The third-order valence-electron chi connectivity index (χ3n) is 4.89. The van der Waals surface area contributed by atoms with Gasteiger partial charge in [0.15, 0.2) is 11.5 Å². The Hall–Kier alpha value is -2.98. The average Bonchev–Trinajstić information content (AvgIpc) is 3.10. The maximum absolute atomic E-state index is 6.38. The molecule has 1 heterocycles. The predicted molar refractivity (Wildman–Crippen MR) is 117 cm³/mol. The maximum atomic E-state index is 6.38. The van der Waals surface area contributed by atoms with Gasteiger partial charge in [0, 0.05) is 18.0 Å². The van der Waals surface area contributed by atoms with Gasteiger partial charge in [-0.05, 0) is 42.3 Å². The van der Waals surface area contributed by atoms with Crippen LogP contribution in [-0.4, -0.2) is 23.3 Å². The van der Waals surface area contributed by atoms with Crippen LogP contribution in [-0.2, 0) is 13.0 Å². The molecule has 0 atom stereocenters. The summed E-state index contributed by atoms with van der Waals surface area (Å²) in [6.07, 6.45) is 1.55. The van der Waals surface area contributed by atoms with Gasteiger partial charge < -0.3 is 14.0 Å². The third kappa shape index (κ3) is 4.38. The molecule has 0 saturated carbocycles. The zero-order valence-corrected chi connectivity index (χ0v) is 17.1. The summed E-state index contributed by atoms with van der Waals surface area (Å²) in [6.45, 7) is 1.41. The number of aromatic nitrogens is 2. The number of methoxy groups -OCH3 is 1. The van der Waals surface area contributed by atoms with Crippen molar-refractivity contribution >= 4 is 22.6 Å². The van der Waals surface area contributed by atoms with E-state index in [1.54, 1.807) is 7.11 Å². The fourth-order valence-electron chi connectivity index (χ4n) is 3.46. The number of aryl methyl sites for hydroxylation is 1. The molecular weight excluding hydrogens is 384 g/mol. The zero-order chi connectivity index (χ0) is 20.1. The van der Waals surface area contributed by atoms with Crippen molar-refractivity contribution in [3.63, 3.8) is 0 Å². The number of rotatable bonds is 8. The van der Waals surface area contributed by atoms with Crippen molar-refractivity contribution in [1.29, 1.82) is 0 Å². The molecular formula is C24H23ClN2O2. The Morgan fingerprint density at radius 1 is 0.897 bits per heavy atom. The van der Waals surface area contributed by atoms with Crippen molar-refractivity contribution in [1.82, 2.24) is 9.55 Å². The highest BCUT2D eigenvalue weighted by Gasteiger charge is 2.12. The van der Waals surface area contributed by atoms with Crippen LogP contribution in [0.15, 0.2) is 72.8 Å². The fourth-order valence-corrected chi connectivity index (χ4v) is 3.67. The van der Waals surface area contributed by atoms with E-state index in [0.717, 1.165) is 51.9 Å². The van der Waals surface area contributed by atoms with Crippen molar-refractivity contribution in [2.45, 2.75) is 19.4 Å². The summed E-state index contributed by atoms with van der Waals surface area (Å²) in [5.41, 5.74) is 3.21. The van der Waals surface area contributed by atoms with Crippen LogP contribution < -0.4 is 9.47 Å². The van der Waals surface area contributed by atoms with Gasteiger partial charge in [-0.25, -0.2) is 4.98 Å². The van der Waals surface area contributed by atoms with Gasteiger partial charge in [0.2, 0.25) is 0 Å². The quantitative estimate of drug-likeness (QED) is 0.349. The van der Waals surface area contributed by atoms with Crippen LogP contribution in [0, 0.1) is 0 Å². The molecule has 148 valence electrons. The topological polar surface area (TPSA) is 36.3 Å². The Morgan fingerprint density at radius 3 is 2.45 bits per heavy atom. The lowest BCUT2D eigenvalue weighted by atomic mass is 10.1. The number of nitrogens with zero attached hydrogens (tertiary/aromatic N) is 2. The highest BCUT2D eigenvalue weighted by molar-refractivity contribution is 6.31. The molecule has 0 N–H and O–H groups in total. The molecule has 3 aromatic carbocycles. The van der Waals surface area contributed by atoms with E-state index in [1.807, 2.05) is 60.7 Å². The summed E-state index contributed by atoms with van der Waals surface area (Å²) in [6, 6.07) is 23.9. The van der Waals surface area contributed by atoms with Crippen molar-refractivity contribution in [2.24, 2.45) is 0 Å². The third-order valence-corrected chi connectivity index (χ3v) is 5.26. The first-order valence-electron chi connectivity index (χ1n) is 9.69. The van der Waals surface area contributed by atoms with Crippen molar-refractivity contribution in [2.75, 3.05) is 13.7 Å². The van der Waals surface area contributed by atoms with Gasteiger partial charge in [-0.1, -0.05) is 54.1 Å². The molecule has 0 bridgehead atoms. The molecule has 5 heteroatoms. The van der Waals surface area contributed by atoms with Crippen LogP contribution in [0.5, 0.6) is 11.5 Å². The van der Waals surface area contributed by atoms with E-state index in [0.29, 0.717) is 13.0 Å². The molecule has 29 heavy (non-hydrogen) atoms. The first-order chi connectivity index (χ1) is 14.3. The molecule has 0 aliphatic rings. The van der Waals surface area contributed by atoms with E-state index >= 15 is 0 Å². The van der Waals surface area contributed by atoms with Gasteiger partial charge in [-0.3, -0.25) is 0 Å². The Kier molecular flexibility index (Phi) is 6.01. The van der Waals surface area contributed by atoms with Crippen LogP contribution in [0.3, 0.4) is 0 Å². The molecule has 0 amide bonds. The van der Waals surface area contributed by atoms with E-state index in [1.165, 1.54) is 0 Å². The lowest BCUT2D eigenvalue weighted by Gasteiger charge is -2.12. The zero-order valence-electron chi connectivity index (χ0n) is 16.3. The van der Waals surface area contributed by atoms with Crippen molar-refractivity contribution in [3.05, 3.63) is 89.2 Å². The summed E-state index contributed by atoms with van der Waals surface area (Å²) in [5, 5.41) is 0.769. The second-order valence-corrected chi connectivity index (χ2v) is 7.20.